The highest BCUT2D eigenvalue weighted by Crippen LogP contribution is 2.14. The molecule has 1 rings (SSSR count). The van der Waals surface area contributed by atoms with E-state index in [2.05, 4.69) is 13.8 Å². The minimum atomic E-state index is -3.36. The predicted molar refractivity (Wildman–Crippen MR) is 86.8 cm³/mol. The fourth-order valence-electron chi connectivity index (χ4n) is 1.89. The van der Waals surface area contributed by atoms with Crippen LogP contribution in [-0.2, 0) is 14.6 Å². The zero-order valence-electron chi connectivity index (χ0n) is 13.7. The smallest absolute Gasteiger partial charge is 0.253 e. The summed E-state index contributed by atoms with van der Waals surface area (Å²) < 4.78 is 28.8. The molecule has 0 aliphatic rings. The number of hydrogen-bond acceptors (Lipinski definition) is 4. The highest BCUT2D eigenvalue weighted by molar-refractivity contribution is 7.91. The second-order valence-corrected chi connectivity index (χ2v) is 7.85. The number of nitrogens with zero attached hydrogens (tertiary/aromatic N) is 1. The standard InChI is InChI=1S/C16H25NO4S/c1-13(2)9-10-17(3)16(18)14-5-7-15(8-6-14)22(19,20)12-11-21-4/h5-8,13H,9-12H2,1-4H3. The van der Waals surface area contributed by atoms with E-state index in [1.54, 1.807) is 24.1 Å². The van der Waals surface area contributed by atoms with Gasteiger partial charge in [0, 0.05) is 26.3 Å². The molecule has 0 atom stereocenters. The lowest BCUT2D eigenvalue weighted by atomic mass is 10.1. The molecular weight excluding hydrogens is 302 g/mol. The minimum Gasteiger partial charge on any atom is -0.384 e. The lowest BCUT2D eigenvalue weighted by molar-refractivity contribution is 0.0789. The first-order valence-electron chi connectivity index (χ1n) is 7.35. The largest absolute Gasteiger partial charge is 0.384 e. The molecule has 5 nitrogen and oxygen atoms in total. The summed E-state index contributed by atoms with van der Waals surface area (Å²) in [7, 11) is -0.136. The van der Waals surface area contributed by atoms with Crippen molar-refractivity contribution in [2.45, 2.75) is 25.2 Å². The molecule has 0 saturated heterocycles. The summed E-state index contributed by atoms with van der Waals surface area (Å²) in [5.74, 6) is 0.371. The summed E-state index contributed by atoms with van der Waals surface area (Å²) in [5.41, 5.74) is 0.497. The number of hydrogen-bond donors (Lipinski definition) is 0. The number of ether oxygens (including phenoxy) is 1. The first-order chi connectivity index (χ1) is 10.3. The first kappa shape index (κ1) is 18.6. The Balaban J connectivity index is 2.78. The number of amides is 1. The monoisotopic (exact) mass is 327 g/mol. The SMILES string of the molecule is COCCS(=O)(=O)c1ccc(C(=O)N(C)CCC(C)C)cc1. The second kappa shape index (κ2) is 8.29. The van der Waals surface area contributed by atoms with Crippen LogP contribution in [0.4, 0.5) is 0 Å². The number of benzene rings is 1. The molecule has 0 aromatic heterocycles. The van der Waals surface area contributed by atoms with E-state index in [0.29, 0.717) is 18.0 Å². The molecule has 0 radical (unpaired) electrons. The molecule has 0 fully saturated rings. The number of sulfone groups is 1. The highest BCUT2D eigenvalue weighted by Gasteiger charge is 2.16. The van der Waals surface area contributed by atoms with Crippen molar-refractivity contribution in [2.75, 3.05) is 33.1 Å². The highest BCUT2D eigenvalue weighted by atomic mass is 32.2. The van der Waals surface area contributed by atoms with E-state index in [-0.39, 0.29) is 23.2 Å². The third-order valence-corrected chi connectivity index (χ3v) is 5.10. The van der Waals surface area contributed by atoms with Crippen LogP contribution in [0.15, 0.2) is 29.2 Å². The molecule has 0 unspecified atom stereocenters. The maximum absolute atomic E-state index is 12.2. The Labute approximate surface area is 133 Å². The first-order valence-corrected chi connectivity index (χ1v) is 9.00. The van der Waals surface area contributed by atoms with Crippen molar-refractivity contribution >= 4 is 15.7 Å². The van der Waals surface area contributed by atoms with E-state index in [1.165, 1.54) is 19.2 Å². The van der Waals surface area contributed by atoms with Gasteiger partial charge in [-0.3, -0.25) is 4.79 Å². The molecule has 0 aliphatic carbocycles. The van der Waals surface area contributed by atoms with E-state index < -0.39 is 9.84 Å². The summed E-state index contributed by atoms with van der Waals surface area (Å²) in [4.78, 5) is 14.1. The molecule has 0 aliphatic heterocycles. The molecule has 0 heterocycles. The van der Waals surface area contributed by atoms with Gasteiger partial charge in [-0.2, -0.15) is 0 Å². The van der Waals surface area contributed by atoms with Crippen LogP contribution in [0, 0.1) is 5.92 Å². The topological polar surface area (TPSA) is 63.7 Å². The van der Waals surface area contributed by atoms with Crippen LogP contribution in [0.2, 0.25) is 0 Å². The van der Waals surface area contributed by atoms with Crippen LogP contribution in [0.1, 0.15) is 30.6 Å². The lowest BCUT2D eigenvalue weighted by Gasteiger charge is -2.18. The third kappa shape index (κ3) is 5.42. The molecule has 1 amide bonds. The molecule has 0 bridgehead atoms. The minimum absolute atomic E-state index is 0.0644. The van der Waals surface area contributed by atoms with Gasteiger partial charge in [0.1, 0.15) is 0 Å². The molecule has 0 saturated carbocycles. The van der Waals surface area contributed by atoms with Gasteiger partial charge in [0.05, 0.1) is 17.3 Å². The van der Waals surface area contributed by atoms with E-state index >= 15 is 0 Å². The van der Waals surface area contributed by atoms with Crippen molar-refractivity contribution < 1.29 is 17.9 Å². The van der Waals surface area contributed by atoms with Crippen LogP contribution in [0.25, 0.3) is 0 Å². The lowest BCUT2D eigenvalue weighted by Crippen LogP contribution is -2.28. The molecule has 124 valence electrons. The van der Waals surface area contributed by atoms with Crippen molar-refractivity contribution in [3.8, 4) is 0 Å². The summed E-state index contributed by atoms with van der Waals surface area (Å²) in [5, 5.41) is 0. The maximum Gasteiger partial charge on any atom is 0.253 e. The predicted octanol–water partition coefficient (Wildman–Crippen LogP) is 2.22. The van der Waals surface area contributed by atoms with Gasteiger partial charge in [0.2, 0.25) is 0 Å². The Morgan fingerprint density at radius 2 is 1.82 bits per heavy atom. The van der Waals surface area contributed by atoms with Gasteiger partial charge in [0.25, 0.3) is 5.91 Å². The van der Waals surface area contributed by atoms with Crippen molar-refractivity contribution in [3.63, 3.8) is 0 Å². The van der Waals surface area contributed by atoms with Crippen LogP contribution < -0.4 is 0 Å². The van der Waals surface area contributed by atoms with Crippen molar-refractivity contribution in [1.29, 1.82) is 0 Å². The fourth-order valence-corrected chi connectivity index (χ4v) is 3.06. The summed E-state index contributed by atoms with van der Waals surface area (Å²) in [6, 6.07) is 6.09. The average molecular weight is 327 g/mol. The third-order valence-electron chi connectivity index (χ3n) is 3.41. The van der Waals surface area contributed by atoms with Crippen LogP contribution in [-0.4, -0.2) is 52.3 Å². The van der Waals surface area contributed by atoms with E-state index in [1.807, 2.05) is 0 Å². The van der Waals surface area contributed by atoms with Crippen LogP contribution in [0.5, 0.6) is 0 Å². The van der Waals surface area contributed by atoms with Gasteiger partial charge < -0.3 is 9.64 Å². The maximum atomic E-state index is 12.2. The summed E-state index contributed by atoms with van der Waals surface area (Å²) in [6.07, 6.45) is 0.936. The number of carbonyl (C=O) groups is 1. The average Bonchev–Trinajstić information content (AvgIpc) is 2.50. The normalized spacial score (nSPS) is 11.7. The van der Waals surface area contributed by atoms with Gasteiger partial charge in [-0.25, -0.2) is 8.42 Å². The summed E-state index contributed by atoms with van der Waals surface area (Å²) in [6.45, 7) is 5.06. The van der Waals surface area contributed by atoms with Crippen molar-refractivity contribution in [1.82, 2.24) is 4.90 Å². The summed E-state index contributed by atoms with van der Waals surface area (Å²) >= 11 is 0. The quantitative estimate of drug-likeness (QED) is 0.734. The van der Waals surface area contributed by atoms with Gasteiger partial charge in [-0.15, -0.1) is 0 Å². The van der Waals surface area contributed by atoms with Gasteiger partial charge >= 0.3 is 0 Å². The number of rotatable bonds is 8. The number of methoxy groups -OCH3 is 1. The molecule has 1 aromatic carbocycles. The molecule has 0 N–H and O–H groups in total. The second-order valence-electron chi connectivity index (χ2n) is 5.75. The Kier molecular flexibility index (Phi) is 7.03. The Bertz CT molecular complexity index is 579. The Morgan fingerprint density at radius 3 is 2.32 bits per heavy atom. The van der Waals surface area contributed by atoms with E-state index in [9.17, 15) is 13.2 Å². The van der Waals surface area contributed by atoms with E-state index in [0.717, 1.165) is 6.42 Å². The van der Waals surface area contributed by atoms with Crippen molar-refractivity contribution in [2.24, 2.45) is 5.92 Å². The zero-order valence-corrected chi connectivity index (χ0v) is 14.5. The van der Waals surface area contributed by atoms with E-state index in [4.69, 9.17) is 4.74 Å². The fraction of sp³-hybridized carbons (Fsp3) is 0.562. The zero-order chi connectivity index (χ0) is 16.8. The molecule has 1 aromatic rings. The van der Waals surface area contributed by atoms with Crippen molar-refractivity contribution in [3.05, 3.63) is 29.8 Å². The van der Waals surface area contributed by atoms with Gasteiger partial charge in [0.15, 0.2) is 9.84 Å². The number of carbonyl (C=O) groups excluding carboxylic acids is 1. The molecular formula is C16H25NO4S. The molecule has 22 heavy (non-hydrogen) atoms. The van der Waals surface area contributed by atoms with Crippen LogP contribution >= 0.6 is 0 Å². The molecule has 0 spiro atoms. The van der Waals surface area contributed by atoms with Gasteiger partial charge in [-0.05, 0) is 36.6 Å². The Hall–Kier alpha value is -1.40. The Morgan fingerprint density at radius 1 is 1.23 bits per heavy atom. The molecule has 6 heteroatoms. The van der Waals surface area contributed by atoms with Gasteiger partial charge in [-0.1, -0.05) is 13.8 Å². The van der Waals surface area contributed by atoms with Crippen LogP contribution in [0.3, 0.4) is 0 Å².